The third-order valence-corrected chi connectivity index (χ3v) is 3.08. The normalized spacial score (nSPS) is 11.7. The van der Waals surface area contributed by atoms with Gasteiger partial charge in [-0.1, -0.05) is 32.9 Å². The fraction of sp³-hybridized carbons (Fsp3) is 0.429. The zero-order chi connectivity index (χ0) is 14.9. The van der Waals surface area contributed by atoms with Crippen molar-refractivity contribution >= 4 is 23.4 Å². The van der Waals surface area contributed by atoms with Gasteiger partial charge in [0.15, 0.2) is 11.0 Å². The largest absolute Gasteiger partial charge is 0.440 e. The molecule has 1 N–H and O–H groups in total. The quantitative estimate of drug-likeness (QED) is 0.928. The highest BCUT2D eigenvalue weighted by molar-refractivity contribution is 6.29. The number of carbonyl (C=O) groups excluding carboxylic acids is 1. The summed E-state index contributed by atoms with van der Waals surface area (Å²) in [5.74, 6) is 0.0731. The van der Waals surface area contributed by atoms with E-state index >= 15 is 0 Å². The van der Waals surface area contributed by atoms with Crippen LogP contribution in [0, 0.1) is 0 Å². The topological polar surface area (TPSA) is 68.3 Å². The number of carbonyl (C=O) groups is 1. The predicted octanol–water partition coefficient (Wildman–Crippen LogP) is 4.03. The average molecular weight is 297 g/mol. The van der Waals surface area contributed by atoms with Gasteiger partial charge in [-0.2, -0.15) is 0 Å². The summed E-state index contributed by atoms with van der Waals surface area (Å²) in [6.45, 7) is 8.12. The van der Waals surface area contributed by atoms with Gasteiger partial charge in [0.2, 0.25) is 5.88 Å². The van der Waals surface area contributed by atoms with Crippen LogP contribution in [-0.2, 0) is 11.8 Å². The highest BCUT2D eigenvalue weighted by atomic mass is 35.5. The minimum Gasteiger partial charge on any atom is -0.440 e. The van der Waals surface area contributed by atoms with Gasteiger partial charge in [-0.3, -0.25) is 10.1 Å². The van der Waals surface area contributed by atoms with E-state index in [9.17, 15) is 4.79 Å². The summed E-state index contributed by atoms with van der Waals surface area (Å²) in [5, 5.41) is 6.89. The molecule has 5 nitrogen and oxygen atoms in total. The van der Waals surface area contributed by atoms with E-state index in [1.54, 1.807) is 0 Å². The predicted molar refractivity (Wildman–Crippen MR) is 76.3 cm³/mol. The van der Waals surface area contributed by atoms with Crippen molar-refractivity contribution in [1.82, 2.24) is 5.16 Å². The smallest absolute Gasteiger partial charge is 0.293 e. The highest BCUT2D eigenvalue weighted by Gasteiger charge is 2.26. The summed E-state index contributed by atoms with van der Waals surface area (Å²) in [7, 11) is 0. The van der Waals surface area contributed by atoms with E-state index in [1.807, 2.05) is 27.7 Å². The van der Waals surface area contributed by atoms with Gasteiger partial charge in [-0.05, 0) is 30.2 Å². The number of furan rings is 1. The second-order valence-corrected chi connectivity index (χ2v) is 5.87. The molecule has 0 saturated heterocycles. The molecule has 0 saturated carbocycles. The average Bonchev–Trinajstić information content (AvgIpc) is 2.94. The van der Waals surface area contributed by atoms with E-state index in [1.165, 1.54) is 12.1 Å². The van der Waals surface area contributed by atoms with Crippen molar-refractivity contribution < 1.29 is 13.7 Å². The number of nitrogens with zero attached hydrogens (tertiary/aromatic N) is 1. The monoisotopic (exact) mass is 296 g/mol. The number of nitrogens with one attached hydrogen (secondary N) is 1. The van der Waals surface area contributed by atoms with Gasteiger partial charge in [0.25, 0.3) is 5.91 Å². The Kier molecular flexibility index (Phi) is 3.90. The SMILES string of the molecule is CCc1c(C(C)(C)C)noc1NC(=O)c1ccc(Cl)o1. The van der Waals surface area contributed by atoms with Crippen molar-refractivity contribution in [3.8, 4) is 0 Å². The summed E-state index contributed by atoms with van der Waals surface area (Å²) in [6, 6.07) is 3.02. The van der Waals surface area contributed by atoms with Crippen LogP contribution in [-0.4, -0.2) is 11.1 Å². The third kappa shape index (κ3) is 2.88. The number of halogens is 1. The van der Waals surface area contributed by atoms with Gasteiger partial charge < -0.3 is 8.94 Å². The number of amides is 1. The first-order chi connectivity index (χ1) is 9.32. The van der Waals surface area contributed by atoms with Crippen molar-refractivity contribution in [2.45, 2.75) is 39.5 Å². The van der Waals surface area contributed by atoms with Crippen LogP contribution in [0.1, 0.15) is 49.5 Å². The Hall–Kier alpha value is -1.75. The molecule has 2 rings (SSSR count). The molecule has 0 aliphatic heterocycles. The van der Waals surface area contributed by atoms with Crippen molar-refractivity contribution in [3.63, 3.8) is 0 Å². The summed E-state index contributed by atoms with van der Waals surface area (Å²) in [5.41, 5.74) is 1.59. The van der Waals surface area contributed by atoms with Gasteiger partial charge in [-0.25, -0.2) is 0 Å². The summed E-state index contributed by atoms with van der Waals surface area (Å²) >= 11 is 5.65. The number of anilines is 1. The summed E-state index contributed by atoms with van der Waals surface area (Å²) < 4.78 is 10.3. The molecule has 1 amide bonds. The van der Waals surface area contributed by atoms with Crippen LogP contribution in [0.15, 0.2) is 21.1 Å². The first-order valence-corrected chi connectivity index (χ1v) is 6.76. The molecule has 0 fully saturated rings. The molecule has 0 radical (unpaired) electrons. The Morgan fingerprint density at radius 1 is 1.40 bits per heavy atom. The van der Waals surface area contributed by atoms with Gasteiger partial charge in [-0.15, -0.1) is 0 Å². The van der Waals surface area contributed by atoms with Crippen LogP contribution in [0.4, 0.5) is 5.88 Å². The molecular formula is C14H17ClN2O3. The Morgan fingerprint density at radius 3 is 2.60 bits per heavy atom. The zero-order valence-corrected chi connectivity index (χ0v) is 12.7. The van der Waals surface area contributed by atoms with Crippen LogP contribution in [0.3, 0.4) is 0 Å². The lowest BCUT2D eigenvalue weighted by molar-refractivity contribution is 0.0993. The van der Waals surface area contributed by atoms with E-state index in [-0.39, 0.29) is 16.4 Å². The van der Waals surface area contributed by atoms with Crippen molar-refractivity contribution in [2.24, 2.45) is 0 Å². The van der Waals surface area contributed by atoms with Gasteiger partial charge in [0.05, 0.1) is 5.69 Å². The number of hydrogen-bond donors (Lipinski definition) is 1. The Labute approximate surface area is 122 Å². The van der Waals surface area contributed by atoms with Crippen LogP contribution in [0.5, 0.6) is 0 Å². The molecule has 0 spiro atoms. The summed E-state index contributed by atoms with van der Waals surface area (Å²) in [6.07, 6.45) is 0.713. The molecule has 108 valence electrons. The molecular weight excluding hydrogens is 280 g/mol. The van der Waals surface area contributed by atoms with Gasteiger partial charge in [0, 0.05) is 11.0 Å². The van der Waals surface area contributed by atoms with Crippen LogP contribution >= 0.6 is 11.6 Å². The maximum atomic E-state index is 12.0. The lowest BCUT2D eigenvalue weighted by atomic mass is 9.88. The van der Waals surface area contributed by atoms with E-state index in [2.05, 4.69) is 10.5 Å². The van der Waals surface area contributed by atoms with Crippen molar-refractivity contribution in [3.05, 3.63) is 34.4 Å². The fourth-order valence-corrected chi connectivity index (χ4v) is 2.07. The lowest BCUT2D eigenvalue weighted by Crippen LogP contribution is -2.15. The minimum absolute atomic E-state index is 0.130. The van der Waals surface area contributed by atoms with Crippen LogP contribution in [0.2, 0.25) is 5.22 Å². The van der Waals surface area contributed by atoms with Crippen molar-refractivity contribution in [2.75, 3.05) is 5.32 Å². The number of hydrogen-bond acceptors (Lipinski definition) is 4. The molecule has 0 bridgehead atoms. The molecule has 0 aromatic carbocycles. The van der Waals surface area contributed by atoms with E-state index < -0.39 is 5.91 Å². The Morgan fingerprint density at radius 2 is 2.10 bits per heavy atom. The molecule has 2 aromatic heterocycles. The zero-order valence-electron chi connectivity index (χ0n) is 11.9. The molecule has 0 atom stereocenters. The standard InChI is InChI=1S/C14H17ClN2O3/c1-5-8-11(14(2,3)4)17-20-13(8)16-12(18)9-6-7-10(15)19-9/h6-7H,5H2,1-4H3,(H,16,18). The number of aromatic nitrogens is 1. The molecule has 0 aliphatic carbocycles. The van der Waals surface area contributed by atoms with Gasteiger partial charge in [0.1, 0.15) is 0 Å². The Bertz CT molecular complexity index is 623. The van der Waals surface area contributed by atoms with Gasteiger partial charge >= 0.3 is 0 Å². The number of rotatable bonds is 3. The van der Waals surface area contributed by atoms with Crippen LogP contribution < -0.4 is 5.32 Å². The highest BCUT2D eigenvalue weighted by Crippen LogP contribution is 2.30. The molecule has 0 aliphatic rings. The lowest BCUT2D eigenvalue weighted by Gasteiger charge is -2.15. The molecule has 6 heteroatoms. The first-order valence-electron chi connectivity index (χ1n) is 6.38. The molecule has 2 heterocycles. The third-order valence-electron chi connectivity index (χ3n) is 2.88. The fourth-order valence-electron chi connectivity index (χ4n) is 1.93. The van der Waals surface area contributed by atoms with Crippen molar-refractivity contribution in [1.29, 1.82) is 0 Å². The maximum Gasteiger partial charge on any atom is 0.293 e. The van der Waals surface area contributed by atoms with E-state index in [4.69, 9.17) is 20.5 Å². The second-order valence-electron chi connectivity index (χ2n) is 5.50. The maximum absolute atomic E-state index is 12.0. The Balaban J connectivity index is 2.26. The molecule has 20 heavy (non-hydrogen) atoms. The summed E-state index contributed by atoms with van der Waals surface area (Å²) in [4.78, 5) is 12.0. The van der Waals surface area contributed by atoms with E-state index in [0.29, 0.717) is 12.3 Å². The van der Waals surface area contributed by atoms with E-state index in [0.717, 1.165) is 11.3 Å². The first kappa shape index (κ1) is 14.7. The van der Waals surface area contributed by atoms with Crippen LogP contribution in [0.25, 0.3) is 0 Å². The second kappa shape index (κ2) is 5.32. The molecule has 0 unspecified atom stereocenters. The molecule has 2 aromatic rings. The minimum atomic E-state index is -0.414.